The minimum atomic E-state index is -4.42. The van der Waals surface area contributed by atoms with Crippen molar-refractivity contribution in [3.8, 4) is 0 Å². The Morgan fingerprint density at radius 3 is 1.26 bits per heavy atom. The first-order valence-corrected chi connectivity index (χ1v) is 29.5. The number of ether oxygens (including phenoxy) is 1. The van der Waals surface area contributed by atoms with E-state index < -0.39 is 26.5 Å². The zero-order valence-electron chi connectivity index (χ0n) is 43.2. The number of aliphatic hydroxyl groups is 1. The van der Waals surface area contributed by atoms with E-state index in [1.165, 1.54) is 199 Å². The lowest BCUT2D eigenvalue weighted by atomic mass is 10.0. The van der Waals surface area contributed by atoms with Crippen molar-refractivity contribution >= 4 is 19.7 Å². The molecule has 0 saturated heterocycles. The first-order valence-electron chi connectivity index (χ1n) is 28.0. The molecular formula is C56H106NO8P. The number of phosphoric acid groups is 1. The van der Waals surface area contributed by atoms with Crippen molar-refractivity contribution in [3.05, 3.63) is 36.5 Å². The fourth-order valence-corrected chi connectivity index (χ4v) is 8.85. The van der Waals surface area contributed by atoms with Crippen molar-refractivity contribution in [3.63, 3.8) is 0 Å². The van der Waals surface area contributed by atoms with Gasteiger partial charge in [-0.05, 0) is 51.4 Å². The number of carbonyl (C=O) groups is 2. The second-order valence-corrected chi connectivity index (χ2v) is 20.4. The van der Waals surface area contributed by atoms with E-state index in [1.54, 1.807) is 0 Å². The number of allylic oxidation sites excluding steroid dienone is 6. The summed E-state index contributed by atoms with van der Waals surface area (Å²) in [6.07, 6.45) is 62.3. The standard InChI is InChI=1S/C56H106NO8P/c1-3-5-7-9-11-13-15-17-19-21-23-25-27-29-31-33-35-37-39-41-43-45-47-49-56(60)63-52-54(58)53-65-66(61,62)64-51-50-57-55(59)48-46-44-42-40-38-36-34-32-30-28-26-24-22-20-18-16-14-12-10-8-6-4-2/h11,13,17,19,23,25,54,58H,3-10,12,14-16,18,20-22,24,26-53H2,1-2H3,(H,57,59)(H,61,62)/b13-11-,19-17-,25-23-. The van der Waals surface area contributed by atoms with Crippen molar-refractivity contribution < 1.29 is 37.9 Å². The van der Waals surface area contributed by atoms with Gasteiger partial charge in [0, 0.05) is 19.4 Å². The van der Waals surface area contributed by atoms with Crippen LogP contribution >= 0.6 is 7.82 Å². The summed E-state index contributed by atoms with van der Waals surface area (Å²) >= 11 is 0. The second-order valence-electron chi connectivity index (χ2n) is 18.9. The smallest absolute Gasteiger partial charge is 0.463 e. The quantitative estimate of drug-likeness (QED) is 0.0238. The molecule has 10 heteroatoms. The van der Waals surface area contributed by atoms with Gasteiger partial charge >= 0.3 is 13.8 Å². The normalized spacial score (nSPS) is 13.3. The largest absolute Gasteiger partial charge is 0.472 e. The van der Waals surface area contributed by atoms with Crippen LogP contribution in [0.25, 0.3) is 0 Å². The minimum absolute atomic E-state index is 0.0847. The molecule has 2 unspecified atom stereocenters. The van der Waals surface area contributed by atoms with Crippen molar-refractivity contribution in [1.82, 2.24) is 5.32 Å². The summed E-state index contributed by atoms with van der Waals surface area (Å²) < 4.78 is 27.1. The van der Waals surface area contributed by atoms with E-state index in [0.717, 1.165) is 51.4 Å². The van der Waals surface area contributed by atoms with E-state index >= 15 is 0 Å². The second kappa shape index (κ2) is 52.6. The summed E-state index contributed by atoms with van der Waals surface area (Å²) in [6.45, 7) is 3.58. The first-order chi connectivity index (χ1) is 32.3. The molecule has 3 N–H and O–H groups in total. The number of hydrogen-bond acceptors (Lipinski definition) is 7. The summed E-state index contributed by atoms with van der Waals surface area (Å²) in [4.78, 5) is 34.2. The number of amides is 1. The minimum Gasteiger partial charge on any atom is -0.463 e. The third-order valence-electron chi connectivity index (χ3n) is 12.3. The van der Waals surface area contributed by atoms with Gasteiger partial charge in [-0.3, -0.25) is 18.6 Å². The molecular weight excluding hydrogens is 846 g/mol. The number of unbranched alkanes of at least 4 members (excludes halogenated alkanes) is 34. The highest BCUT2D eigenvalue weighted by Gasteiger charge is 2.23. The van der Waals surface area contributed by atoms with E-state index in [2.05, 4.69) is 55.6 Å². The maximum Gasteiger partial charge on any atom is 0.472 e. The van der Waals surface area contributed by atoms with Crippen LogP contribution in [-0.4, -0.2) is 54.3 Å². The van der Waals surface area contributed by atoms with Crippen LogP contribution in [0.1, 0.15) is 277 Å². The zero-order valence-corrected chi connectivity index (χ0v) is 44.0. The molecule has 0 bridgehead atoms. The van der Waals surface area contributed by atoms with Gasteiger partial charge in [-0.2, -0.15) is 0 Å². The van der Waals surface area contributed by atoms with Crippen molar-refractivity contribution in [2.45, 2.75) is 283 Å². The molecule has 0 aromatic carbocycles. The van der Waals surface area contributed by atoms with Crippen LogP contribution in [0.2, 0.25) is 0 Å². The molecule has 0 aliphatic rings. The zero-order chi connectivity index (χ0) is 48.1. The molecule has 2 atom stereocenters. The molecule has 0 radical (unpaired) electrons. The molecule has 0 aliphatic carbocycles. The number of esters is 1. The fourth-order valence-electron chi connectivity index (χ4n) is 8.10. The number of carbonyl (C=O) groups excluding carboxylic acids is 2. The monoisotopic (exact) mass is 952 g/mol. The van der Waals surface area contributed by atoms with Gasteiger partial charge in [0.2, 0.25) is 5.91 Å². The number of aliphatic hydroxyl groups excluding tert-OH is 1. The van der Waals surface area contributed by atoms with Crippen LogP contribution in [0.5, 0.6) is 0 Å². The van der Waals surface area contributed by atoms with Crippen molar-refractivity contribution in [1.29, 1.82) is 0 Å². The van der Waals surface area contributed by atoms with E-state index in [4.69, 9.17) is 13.8 Å². The number of hydrogen-bond donors (Lipinski definition) is 3. The SMILES string of the molecule is CCCCC/C=C\C/C=C\C/C=C\CCCCCCCCCCCCC(=O)OCC(O)COP(=O)(O)OCCNC(=O)CCCCCCCCCCCCCCCCCCCCCCCC. The van der Waals surface area contributed by atoms with E-state index in [0.29, 0.717) is 6.42 Å². The summed E-state index contributed by atoms with van der Waals surface area (Å²) in [6, 6.07) is 0. The molecule has 9 nitrogen and oxygen atoms in total. The van der Waals surface area contributed by atoms with Gasteiger partial charge < -0.3 is 20.1 Å². The highest BCUT2D eigenvalue weighted by Crippen LogP contribution is 2.42. The lowest BCUT2D eigenvalue weighted by Crippen LogP contribution is -2.27. The molecule has 0 aromatic heterocycles. The third-order valence-corrected chi connectivity index (χ3v) is 13.3. The molecule has 0 saturated carbocycles. The van der Waals surface area contributed by atoms with E-state index in [9.17, 15) is 24.2 Å². The maximum atomic E-state index is 12.2. The Balaban J connectivity index is 3.52. The Hall–Kier alpha value is -1.77. The van der Waals surface area contributed by atoms with Gasteiger partial charge in [-0.15, -0.1) is 0 Å². The average molecular weight is 952 g/mol. The van der Waals surface area contributed by atoms with Crippen LogP contribution in [0.3, 0.4) is 0 Å². The topological polar surface area (TPSA) is 131 Å². The van der Waals surface area contributed by atoms with Gasteiger partial charge in [0.15, 0.2) is 0 Å². The summed E-state index contributed by atoms with van der Waals surface area (Å²) in [7, 11) is -4.42. The first kappa shape index (κ1) is 64.2. The van der Waals surface area contributed by atoms with Gasteiger partial charge in [0.25, 0.3) is 0 Å². The summed E-state index contributed by atoms with van der Waals surface area (Å²) in [5.41, 5.74) is 0. The highest BCUT2D eigenvalue weighted by atomic mass is 31.2. The van der Waals surface area contributed by atoms with Gasteiger partial charge in [-0.25, -0.2) is 4.57 Å². The number of phosphoric ester groups is 1. The predicted molar refractivity (Wildman–Crippen MR) is 280 cm³/mol. The average Bonchev–Trinajstić information content (AvgIpc) is 3.31. The Bertz CT molecular complexity index is 1180. The summed E-state index contributed by atoms with van der Waals surface area (Å²) in [5, 5.41) is 12.8. The number of rotatable bonds is 53. The Kier molecular flexibility index (Phi) is 51.2. The van der Waals surface area contributed by atoms with Crippen LogP contribution in [0, 0.1) is 0 Å². The van der Waals surface area contributed by atoms with Gasteiger partial charge in [0.1, 0.15) is 12.7 Å². The van der Waals surface area contributed by atoms with Crippen LogP contribution in [-0.2, 0) is 27.9 Å². The van der Waals surface area contributed by atoms with Crippen molar-refractivity contribution in [2.24, 2.45) is 0 Å². The Morgan fingerprint density at radius 2 is 0.818 bits per heavy atom. The lowest BCUT2D eigenvalue weighted by Gasteiger charge is -2.15. The summed E-state index contributed by atoms with van der Waals surface area (Å²) in [5.74, 6) is -0.509. The molecule has 0 aliphatic heterocycles. The molecule has 1 amide bonds. The van der Waals surface area contributed by atoms with Gasteiger partial charge in [0.05, 0.1) is 13.2 Å². The van der Waals surface area contributed by atoms with Gasteiger partial charge in [-0.1, -0.05) is 249 Å². The molecule has 0 aromatic rings. The Labute approximate surface area is 407 Å². The maximum absolute atomic E-state index is 12.2. The molecule has 0 rings (SSSR count). The molecule has 388 valence electrons. The predicted octanol–water partition coefficient (Wildman–Crippen LogP) is 16.8. The molecule has 0 fully saturated rings. The Morgan fingerprint density at radius 1 is 0.470 bits per heavy atom. The highest BCUT2D eigenvalue weighted by molar-refractivity contribution is 7.47. The van der Waals surface area contributed by atoms with E-state index in [1.807, 2.05) is 0 Å². The van der Waals surface area contributed by atoms with Crippen molar-refractivity contribution in [2.75, 3.05) is 26.4 Å². The lowest BCUT2D eigenvalue weighted by molar-refractivity contribution is -0.147. The number of nitrogens with one attached hydrogen (secondary N) is 1. The molecule has 0 heterocycles. The van der Waals surface area contributed by atoms with Crippen LogP contribution < -0.4 is 5.32 Å². The van der Waals surface area contributed by atoms with Crippen LogP contribution in [0.4, 0.5) is 0 Å². The van der Waals surface area contributed by atoms with E-state index in [-0.39, 0.29) is 32.1 Å². The fraction of sp³-hybridized carbons (Fsp3) is 0.857. The molecule has 66 heavy (non-hydrogen) atoms. The third kappa shape index (κ3) is 53.2. The molecule has 0 spiro atoms. The van der Waals surface area contributed by atoms with Crippen LogP contribution in [0.15, 0.2) is 36.5 Å².